The van der Waals surface area contributed by atoms with Crippen molar-refractivity contribution in [1.82, 2.24) is 4.90 Å². The Bertz CT molecular complexity index is 473. The third kappa shape index (κ3) is 13.8. The Morgan fingerprint density at radius 3 is 2.24 bits per heavy atom. The average molecular weight is 421 g/mol. The highest BCUT2D eigenvalue weighted by atomic mass is 16.5. The Kier molecular flexibility index (Phi) is 16.9. The molecule has 0 aliphatic rings. The summed E-state index contributed by atoms with van der Waals surface area (Å²) in [4.78, 5) is 30.6. The number of nitrogens with zero attached hydrogens (tertiary/aromatic N) is 2. The molecule has 0 fully saturated rings. The van der Waals surface area contributed by atoms with Crippen LogP contribution in [0, 0.1) is 0 Å². The maximum absolute atomic E-state index is 12.7. The van der Waals surface area contributed by atoms with E-state index in [1.807, 2.05) is 0 Å². The molecule has 1 amide bonds. The first-order valence-corrected chi connectivity index (χ1v) is 9.62. The van der Waals surface area contributed by atoms with Gasteiger partial charge in [-0.3, -0.25) is 9.79 Å². The Labute approximate surface area is 172 Å². The summed E-state index contributed by atoms with van der Waals surface area (Å²) in [6.07, 6.45) is 0.845. The zero-order chi connectivity index (χ0) is 21.9. The van der Waals surface area contributed by atoms with E-state index < -0.39 is 12.0 Å². The number of methoxy groups -OCH3 is 2. The fourth-order valence-electron chi connectivity index (χ4n) is 2.38. The second-order valence-electron chi connectivity index (χ2n) is 5.95. The summed E-state index contributed by atoms with van der Waals surface area (Å²) in [5, 5.41) is 0. The van der Waals surface area contributed by atoms with Gasteiger partial charge in [0.15, 0.2) is 5.96 Å². The lowest BCUT2D eigenvalue weighted by molar-refractivity contribution is -0.157. The molecule has 11 nitrogen and oxygen atoms in total. The fraction of sp³-hybridized carbons (Fsp3) is 0.833. The van der Waals surface area contributed by atoms with E-state index in [0.717, 1.165) is 0 Å². The number of rotatable bonds is 18. The topological polar surface area (TPSA) is 148 Å². The molecule has 4 N–H and O–H groups in total. The predicted octanol–water partition coefficient (Wildman–Crippen LogP) is -0.874. The lowest BCUT2D eigenvalue weighted by atomic mass is 10.1. The summed E-state index contributed by atoms with van der Waals surface area (Å²) in [6, 6.07) is -0.784. The zero-order valence-electron chi connectivity index (χ0n) is 17.8. The molecular formula is C18H36N4O7. The van der Waals surface area contributed by atoms with Crippen LogP contribution in [0.1, 0.15) is 19.8 Å². The van der Waals surface area contributed by atoms with Gasteiger partial charge in [0, 0.05) is 27.3 Å². The first-order valence-electron chi connectivity index (χ1n) is 9.62. The molecule has 11 heteroatoms. The highest BCUT2D eigenvalue weighted by molar-refractivity contribution is 5.85. The second kappa shape index (κ2) is 18.1. The number of aliphatic imine (C=N–C) groups is 1. The molecule has 0 rings (SSSR count). The minimum absolute atomic E-state index is 0.0243. The molecule has 0 radical (unpaired) electrons. The maximum atomic E-state index is 12.7. The van der Waals surface area contributed by atoms with Crippen LogP contribution < -0.4 is 11.5 Å². The molecule has 0 saturated carbocycles. The molecule has 1 unspecified atom stereocenters. The SMILES string of the molecule is CCOC(=O)C(CCCN=C(N)N)N(CCOCCOC)C(=O)COCCOC. The zero-order valence-corrected chi connectivity index (χ0v) is 17.8. The van der Waals surface area contributed by atoms with Gasteiger partial charge in [-0.25, -0.2) is 4.79 Å². The van der Waals surface area contributed by atoms with Crippen molar-refractivity contribution >= 4 is 17.8 Å². The Morgan fingerprint density at radius 1 is 1.00 bits per heavy atom. The van der Waals surface area contributed by atoms with E-state index in [4.69, 9.17) is 35.2 Å². The molecule has 0 bridgehead atoms. The molecular weight excluding hydrogens is 384 g/mol. The van der Waals surface area contributed by atoms with Crippen LogP contribution >= 0.6 is 0 Å². The van der Waals surface area contributed by atoms with Crippen LogP contribution in [0.5, 0.6) is 0 Å². The van der Waals surface area contributed by atoms with Crippen LogP contribution in [0.3, 0.4) is 0 Å². The summed E-state index contributed by atoms with van der Waals surface area (Å²) < 4.78 is 25.8. The van der Waals surface area contributed by atoms with E-state index in [9.17, 15) is 9.59 Å². The van der Waals surface area contributed by atoms with Gasteiger partial charge in [-0.1, -0.05) is 0 Å². The van der Waals surface area contributed by atoms with Crippen LogP contribution in [0.2, 0.25) is 0 Å². The average Bonchev–Trinajstić information content (AvgIpc) is 2.68. The smallest absolute Gasteiger partial charge is 0.328 e. The van der Waals surface area contributed by atoms with Crippen molar-refractivity contribution in [3.63, 3.8) is 0 Å². The third-order valence-corrected chi connectivity index (χ3v) is 3.75. The van der Waals surface area contributed by atoms with Crippen LogP contribution in [0.4, 0.5) is 0 Å². The molecule has 0 aromatic rings. The molecule has 1 atom stereocenters. The van der Waals surface area contributed by atoms with Crippen molar-refractivity contribution in [2.24, 2.45) is 16.5 Å². The lowest BCUT2D eigenvalue weighted by Gasteiger charge is -2.30. The van der Waals surface area contributed by atoms with Crippen molar-refractivity contribution in [3.05, 3.63) is 0 Å². The number of hydrogen-bond acceptors (Lipinski definition) is 8. The highest BCUT2D eigenvalue weighted by Crippen LogP contribution is 2.11. The van der Waals surface area contributed by atoms with Gasteiger partial charge in [-0.15, -0.1) is 0 Å². The molecule has 29 heavy (non-hydrogen) atoms. The lowest BCUT2D eigenvalue weighted by Crippen LogP contribution is -2.49. The van der Waals surface area contributed by atoms with Crippen LogP contribution in [-0.2, 0) is 33.3 Å². The van der Waals surface area contributed by atoms with Gasteiger partial charge in [0.2, 0.25) is 5.91 Å². The molecule has 0 aromatic carbocycles. The Hall–Kier alpha value is -1.95. The minimum Gasteiger partial charge on any atom is -0.464 e. The first kappa shape index (κ1) is 27.0. The third-order valence-electron chi connectivity index (χ3n) is 3.75. The van der Waals surface area contributed by atoms with E-state index in [-0.39, 0.29) is 44.8 Å². The summed E-state index contributed by atoms with van der Waals surface area (Å²) in [5.74, 6) is -0.848. The standard InChI is InChI=1S/C18H36N4O7/c1-4-29-17(24)15(6-5-7-21-18(19)20)22(8-9-27-12-10-25-2)16(23)14-28-13-11-26-3/h15H,4-14H2,1-3H3,(H4,19,20,21). The van der Waals surface area contributed by atoms with Gasteiger partial charge in [-0.05, 0) is 19.8 Å². The minimum atomic E-state index is -0.784. The molecule has 0 aliphatic carbocycles. The molecule has 0 saturated heterocycles. The van der Waals surface area contributed by atoms with E-state index in [1.54, 1.807) is 21.1 Å². The van der Waals surface area contributed by atoms with E-state index in [0.29, 0.717) is 39.2 Å². The number of hydrogen-bond donors (Lipinski definition) is 2. The van der Waals surface area contributed by atoms with Gasteiger partial charge in [0.05, 0.1) is 39.6 Å². The monoisotopic (exact) mass is 420 g/mol. The van der Waals surface area contributed by atoms with Gasteiger partial charge in [0.25, 0.3) is 0 Å². The second-order valence-corrected chi connectivity index (χ2v) is 5.95. The Morgan fingerprint density at radius 2 is 1.66 bits per heavy atom. The first-order chi connectivity index (χ1) is 14.0. The Balaban J connectivity index is 5.07. The van der Waals surface area contributed by atoms with Gasteiger partial charge in [-0.2, -0.15) is 0 Å². The summed E-state index contributed by atoms with van der Waals surface area (Å²) >= 11 is 0. The van der Waals surface area contributed by atoms with Crippen LogP contribution in [0.15, 0.2) is 4.99 Å². The summed E-state index contributed by atoms with van der Waals surface area (Å²) in [5.41, 5.74) is 10.7. The summed E-state index contributed by atoms with van der Waals surface area (Å²) in [7, 11) is 3.12. The van der Waals surface area contributed by atoms with E-state index >= 15 is 0 Å². The number of carbonyl (C=O) groups excluding carboxylic acids is 2. The molecule has 170 valence electrons. The van der Waals surface area contributed by atoms with Gasteiger partial charge in [0.1, 0.15) is 12.6 Å². The molecule has 0 heterocycles. The molecule has 0 aliphatic heterocycles. The number of amides is 1. The molecule has 0 spiro atoms. The number of ether oxygens (including phenoxy) is 5. The number of nitrogens with two attached hydrogens (primary N) is 2. The number of esters is 1. The normalized spacial score (nSPS) is 11.7. The predicted molar refractivity (Wildman–Crippen MR) is 107 cm³/mol. The number of carbonyl (C=O) groups is 2. The quantitative estimate of drug-likeness (QED) is 0.125. The van der Waals surface area contributed by atoms with Crippen LogP contribution in [-0.4, -0.2) is 102 Å². The number of guanidine groups is 1. The van der Waals surface area contributed by atoms with Crippen molar-refractivity contribution in [2.45, 2.75) is 25.8 Å². The van der Waals surface area contributed by atoms with Gasteiger partial charge >= 0.3 is 5.97 Å². The van der Waals surface area contributed by atoms with Crippen molar-refractivity contribution in [1.29, 1.82) is 0 Å². The van der Waals surface area contributed by atoms with E-state index in [1.165, 1.54) is 4.90 Å². The van der Waals surface area contributed by atoms with Crippen molar-refractivity contribution in [2.75, 3.05) is 73.6 Å². The maximum Gasteiger partial charge on any atom is 0.328 e. The fourth-order valence-corrected chi connectivity index (χ4v) is 2.38. The highest BCUT2D eigenvalue weighted by Gasteiger charge is 2.30. The molecule has 0 aromatic heterocycles. The van der Waals surface area contributed by atoms with Crippen molar-refractivity contribution in [3.8, 4) is 0 Å². The van der Waals surface area contributed by atoms with Crippen molar-refractivity contribution < 1.29 is 33.3 Å². The van der Waals surface area contributed by atoms with Crippen LogP contribution in [0.25, 0.3) is 0 Å². The van der Waals surface area contributed by atoms with Gasteiger partial charge < -0.3 is 40.1 Å². The van der Waals surface area contributed by atoms with E-state index in [2.05, 4.69) is 4.99 Å². The summed E-state index contributed by atoms with van der Waals surface area (Å²) in [6.45, 7) is 4.01. The largest absolute Gasteiger partial charge is 0.464 e.